The number of nitrogens with one attached hydrogen (secondary N) is 1. The maximum absolute atomic E-state index is 12.2. The third-order valence-corrected chi connectivity index (χ3v) is 5.14. The number of quaternary nitrogens is 1. The fraction of sp³-hybridized carbons (Fsp3) is 0.588. The molecule has 1 fully saturated rings. The van der Waals surface area contributed by atoms with E-state index in [0.717, 1.165) is 5.56 Å². The normalized spacial score (nSPS) is 16.9. The van der Waals surface area contributed by atoms with E-state index in [1.54, 1.807) is 6.07 Å². The van der Waals surface area contributed by atoms with Crippen molar-refractivity contribution in [1.82, 2.24) is 0 Å². The average molecular weight is 344 g/mol. The number of amides is 1. The van der Waals surface area contributed by atoms with Gasteiger partial charge in [-0.25, -0.2) is 0 Å². The fourth-order valence-corrected chi connectivity index (χ4v) is 3.42. The molecule has 22 heavy (non-hydrogen) atoms. The minimum atomic E-state index is -0.0449. The summed E-state index contributed by atoms with van der Waals surface area (Å²) in [7, 11) is 0. The molecule has 0 bridgehead atoms. The van der Waals surface area contributed by atoms with Crippen LogP contribution in [0.25, 0.3) is 0 Å². The monoisotopic (exact) mass is 343 g/mol. The summed E-state index contributed by atoms with van der Waals surface area (Å²) in [6.45, 7) is 2.32. The molecule has 0 radical (unpaired) electrons. The molecule has 0 aliphatic heterocycles. The van der Waals surface area contributed by atoms with E-state index in [9.17, 15) is 4.79 Å². The van der Waals surface area contributed by atoms with E-state index in [4.69, 9.17) is 23.2 Å². The average Bonchev–Trinajstić information content (AvgIpc) is 2.46. The molecule has 3 N–H and O–H groups in total. The number of hydrogen-bond acceptors (Lipinski definition) is 1. The van der Waals surface area contributed by atoms with E-state index >= 15 is 0 Å². The molecule has 1 aliphatic carbocycles. The third kappa shape index (κ3) is 5.15. The molecule has 1 aromatic carbocycles. The van der Waals surface area contributed by atoms with Crippen molar-refractivity contribution in [3.05, 3.63) is 27.7 Å². The van der Waals surface area contributed by atoms with Gasteiger partial charge in [-0.1, -0.05) is 48.5 Å². The molecule has 0 saturated heterocycles. The summed E-state index contributed by atoms with van der Waals surface area (Å²) >= 11 is 12.3. The molecule has 0 heterocycles. The molecular weight excluding hydrogens is 319 g/mol. The topological polar surface area (TPSA) is 45.7 Å². The van der Waals surface area contributed by atoms with E-state index in [1.165, 1.54) is 44.9 Å². The van der Waals surface area contributed by atoms with Crippen LogP contribution in [0.5, 0.6) is 0 Å². The number of halogens is 2. The van der Waals surface area contributed by atoms with Crippen LogP contribution >= 0.6 is 23.2 Å². The Morgan fingerprint density at radius 2 is 1.82 bits per heavy atom. The first-order valence-corrected chi connectivity index (χ1v) is 8.91. The molecular formula is C17H25Cl2N2O+. The SMILES string of the molecule is Cc1ccc(Cl)c(NC(=O)C[NH2+]C2CCCCCCC2)c1Cl. The van der Waals surface area contributed by atoms with Crippen molar-refractivity contribution in [1.29, 1.82) is 0 Å². The van der Waals surface area contributed by atoms with Crippen LogP contribution in [0.4, 0.5) is 5.69 Å². The number of anilines is 1. The van der Waals surface area contributed by atoms with E-state index < -0.39 is 0 Å². The highest BCUT2D eigenvalue weighted by Crippen LogP contribution is 2.32. The van der Waals surface area contributed by atoms with Crippen molar-refractivity contribution in [3.63, 3.8) is 0 Å². The fourth-order valence-electron chi connectivity index (χ4n) is 2.96. The van der Waals surface area contributed by atoms with Gasteiger partial charge in [0.2, 0.25) is 0 Å². The van der Waals surface area contributed by atoms with Gasteiger partial charge in [0, 0.05) is 0 Å². The lowest BCUT2D eigenvalue weighted by Crippen LogP contribution is -2.91. The van der Waals surface area contributed by atoms with Gasteiger partial charge in [-0.3, -0.25) is 4.79 Å². The summed E-state index contributed by atoms with van der Waals surface area (Å²) in [5.74, 6) is -0.0449. The Morgan fingerprint density at radius 1 is 1.18 bits per heavy atom. The molecule has 1 saturated carbocycles. The predicted molar refractivity (Wildman–Crippen MR) is 92.7 cm³/mol. The number of aryl methyl sites for hydroxylation is 1. The molecule has 1 aliphatic rings. The zero-order chi connectivity index (χ0) is 15.9. The Labute approximate surface area is 142 Å². The van der Waals surface area contributed by atoms with Gasteiger partial charge in [0.05, 0.1) is 21.8 Å². The summed E-state index contributed by atoms with van der Waals surface area (Å²) in [5.41, 5.74) is 1.43. The lowest BCUT2D eigenvalue weighted by Gasteiger charge is -2.18. The second-order valence-electron chi connectivity index (χ2n) is 6.15. The van der Waals surface area contributed by atoms with Crippen molar-refractivity contribution < 1.29 is 10.1 Å². The van der Waals surface area contributed by atoms with Crippen LogP contribution in [0.15, 0.2) is 12.1 Å². The van der Waals surface area contributed by atoms with E-state index in [-0.39, 0.29) is 5.91 Å². The van der Waals surface area contributed by atoms with E-state index in [1.807, 2.05) is 13.0 Å². The first kappa shape index (κ1) is 17.6. The molecule has 122 valence electrons. The standard InChI is InChI=1S/C17H24Cl2N2O/c1-12-9-10-14(18)17(16(12)19)21-15(22)11-20-13-7-5-3-2-4-6-8-13/h9-10,13,20H,2-8,11H2,1H3,(H,21,22)/p+1. The minimum Gasteiger partial charge on any atom is -0.336 e. The van der Waals surface area contributed by atoms with Crippen LogP contribution in [0.3, 0.4) is 0 Å². The molecule has 2 rings (SSSR count). The Morgan fingerprint density at radius 3 is 2.50 bits per heavy atom. The molecule has 1 amide bonds. The minimum absolute atomic E-state index is 0.0449. The number of benzene rings is 1. The van der Waals surface area contributed by atoms with Crippen molar-refractivity contribution >= 4 is 34.8 Å². The van der Waals surface area contributed by atoms with Gasteiger partial charge in [-0.15, -0.1) is 0 Å². The Kier molecular flexibility index (Phi) is 7.00. The first-order chi connectivity index (χ1) is 10.6. The second-order valence-corrected chi connectivity index (χ2v) is 6.93. The zero-order valence-electron chi connectivity index (χ0n) is 13.1. The zero-order valence-corrected chi connectivity index (χ0v) is 14.6. The Balaban J connectivity index is 1.86. The van der Waals surface area contributed by atoms with Crippen LogP contribution < -0.4 is 10.6 Å². The Hall–Kier alpha value is -0.770. The van der Waals surface area contributed by atoms with Crippen LogP contribution in [0.1, 0.15) is 50.5 Å². The predicted octanol–water partition coefficient (Wildman–Crippen LogP) is 3.92. The highest BCUT2D eigenvalue weighted by Gasteiger charge is 2.17. The van der Waals surface area contributed by atoms with Gasteiger partial charge in [-0.2, -0.15) is 0 Å². The molecule has 0 unspecified atom stereocenters. The van der Waals surface area contributed by atoms with Crippen LogP contribution in [-0.4, -0.2) is 18.5 Å². The van der Waals surface area contributed by atoms with Gasteiger partial charge in [0.1, 0.15) is 0 Å². The van der Waals surface area contributed by atoms with Gasteiger partial charge in [-0.05, 0) is 44.2 Å². The largest absolute Gasteiger partial charge is 0.336 e. The van der Waals surface area contributed by atoms with Crippen LogP contribution in [-0.2, 0) is 4.79 Å². The molecule has 0 spiro atoms. The molecule has 5 heteroatoms. The van der Waals surface area contributed by atoms with Crippen molar-refractivity contribution in [2.75, 3.05) is 11.9 Å². The lowest BCUT2D eigenvalue weighted by molar-refractivity contribution is -0.680. The Bertz CT molecular complexity index is 512. The summed E-state index contributed by atoms with van der Waals surface area (Å²) in [6.07, 6.45) is 8.97. The number of hydrogen-bond donors (Lipinski definition) is 2. The summed E-state index contributed by atoms with van der Waals surface area (Å²) < 4.78 is 0. The van der Waals surface area contributed by atoms with Gasteiger partial charge in [0.15, 0.2) is 6.54 Å². The quantitative estimate of drug-likeness (QED) is 0.854. The lowest BCUT2D eigenvalue weighted by atomic mass is 9.97. The number of carbonyl (C=O) groups excluding carboxylic acids is 1. The van der Waals surface area contributed by atoms with Crippen molar-refractivity contribution in [2.45, 2.75) is 57.9 Å². The summed E-state index contributed by atoms with van der Waals surface area (Å²) in [5, 5.41) is 6.02. The second kappa shape index (κ2) is 8.76. The van der Waals surface area contributed by atoms with E-state index in [0.29, 0.717) is 28.3 Å². The highest BCUT2D eigenvalue weighted by atomic mass is 35.5. The molecule has 3 nitrogen and oxygen atoms in total. The van der Waals surface area contributed by atoms with Crippen LogP contribution in [0.2, 0.25) is 10.0 Å². The van der Waals surface area contributed by atoms with Gasteiger partial charge in [0.25, 0.3) is 5.91 Å². The third-order valence-electron chi connectivity index (χ3n) is 4.34. The van der Waals surface area contributed by atoms with Crippen molar-refractivity contribution in [3.8, 4) is 0 Å². The summed E-state index contributed by atoms with van der Waals surface area (Å²) in [4.78, 5) is 12.2. The van der Waals surface area contributed by atoms with E-state index in [2.05, 4.69) is 10.6 Å². The first-order valence-electron chi connectivity index (χ1n) is 8.15. The highest BCUT2D eigenvalue weighted by molar-refractivity contribution is 6.40. The van der Waals surface area contributed by atoms with Crippen LogP contribution in [0, 0.1) is 6.92 Å². The van der Waals surface area contributed by atoms with Gasteiger partial charge >= 0.3 is 0 Å². The number of nitrogens with two attached hydrogens (primary N) is 1. The smallest absolute Gasteiger partial charge is 0.279 e. The molecule has 0 aromatic heterocycles. The van der Waals surface area contributed by atoms with Gasteiger partial charge < -0.3 is 10.6 Å². The maximum Gasteiger partial charge on any atom is 0.279 e. The molecule has 1 aromatic rings. The number of carbonyl (C=O) groups is 1. The number of rotatable bonds is 4. The molecule has 0 atom stereocenters. The summed E-state index contributed by atoms with van der Waals surface area (Å²) in [6, 6.07) is 4.17. The van der Waals surface area contributed by atoms with Crippen molar-refractivity contribution in [2.24, 2.45) is 0 Å². The maximum atomic E-state index is 12.2.